The molecule has 0 aliphatic heterocycles. The van der Waals surface area contributed by atoms with Crippen LogP contribution in [0.1, 0.15) is 31.9 Å². The molecule has 0 saturated heterocycles. The molecule has 24 heavy (non-hydrogen) atoms. The van der Waals surface area contributed by atoms with Gasteiger partial charge in [-0.1, -0.05) is 43.7 Å². The lowest BCUT2D eigenvalue weighted by atomic mass is 10.1. The second-order valence-corrected chi connectivity index (χ2v) is 5.67. The Hall–Kier alpha value is -2.48. The molecule has 1 aliphatic carbocycles. The quantitative estimate of drug-likeness (QED) is 0.605. The third kappa shape index (κ3) is 4.51. The zero-order chi connectivity index (χ0) is 17.2. The molecular weight excluding hydrogens is 294 g/mol. The lowest BCUT2D eigenvalue weighted by molar-refractivity contribution is 0.346. The van der Waals surface area contributed by atoms with Gasteiger partial charge in [0.1, 0.15) is 12.4 Å². The van der Waals surface area contributed by atoms with Gasteiger partial charge in [-0.15, -0.1) is 13.2 Å². The van der Waals surface area contributed by atoms with Gasteiger partial charge in [-0.05, 0) is 49.1 Å². The first-order valence-corrected chi connectivity index (χ1v) is 8.61. The lowest BCUT2D eigenvalue weighted by Gasteiger charge is -2.16. The van der Waals surface area contributed by atoms with E-state index < -0.39 is 0 Å². The van der Waals surface area contributed by atoms with Crippen LogP contribution in [0.3, 0.4) is 0 Å². The van der Waals surface area contributed by atoms with Gasteiger partial charge < -0.3 is 9.30 Å². The summed E-state index contributed by atoms with van der Waals surface area (Å²) in [6.45, 7) is 8.88. The van der Waals surface area contributed by atoms with Crippen LogP contribution in [0.25, 0.3) is 5.69 Å². The molecule has 0 saturated carbocycles. The second kappa shape index (κ2) is 9.61. The first-order valence-electron chi connectivity index (χ1n) is 8.61. The molecular formula is C22H27NO. The summed E-state index contributed by atoms with van der Waals surface area (Å²) in [5, 5.41) is 0. The Labute approximate surface area is 145 Å². The van der Waals surface area contributed by atoms with Crippen LogP contribution in [0.15, 0.2) is 79.6 Å². The van der Waals surface area contributed by atoms with E-state index in [1.165, 1.54) is 11.3 Å². The Morgan fingerprint density at radius 1 is 1.12 bits per heavy atom. The highest BCUT2D eigenvalue weighted by atomic mass is 16.5. The normalized spacial score (nSPS) is 13.0. The average molecular weight is 321 g/mol. The first kappa shape index (κ1) is 17.9. The second-order valence-electron chi connectivity index (χ2n) is 5.67. The van der Waals surface area contributed by atoms with Crippen LogP contribution in [0.4, 0.5) is 0 Å². The molecule has 0 unspecified atom stereocenters. The van der Waals surface area contributed by atoms with Crippen molar-refractivity contribution in [3.05, 3.63) is 85.2 Å². The predicted octanol–water partition coefficient (Wildman–Crippen LogP) is 5.89. The van der Waals surface area contributed by atoms with Crippen LogP contribution in [-0.4, -0.2) is 11.2 Å². The Balaban J connectivity index is 0.00000100. The van der Waals surface area contributed by atoms with Gasteiger partial charge >= 0.3 is 0 Å². The van der Waals surface area contributed by atoms with Crippen molar-refractivity contribution in [2.24, 2.45) is 0 Å². The summed E-state index contributed by atoms with van der Waals surface area (Å²) in [7, 11) is 0. The summed E-state index contributed by atoms with van der Waals surface area (Å²) in [4.78, 5) is 0. The fraction of sp³-hybridized carbons (Fsp3) is 0.273. The van der Waals surface area contributed by atoms with Gasteiger partial charge in [0, 0.05) is 11.9 Å². The molecule has 0 bridgehead atoms. The average Bonchev–Trinajstić information content (AvgIpc) is 3.11. The first-order chi connectivity index (χ1) is 11.9. The number of benzene rings is 1. The van der Waals surface area contributed by atoms with Crippen LogP contribution in [0, 0.1) is 0 Å². The summed E-state index contributed by atoms with van der Waals surface area (Å²) in [5.74, 6) is 0.950. The number of aromatic nitrogens is 1. The van der Waals surface area contributed by atoms with Gasteiger partial charge in [0.15, 0.2) is 0 Å². The topological polar surface area (TPSA) is 14.2 Å². The molecule has 2 heteroatoms. The Morgan fingerprint density at radius 3 is 2.71 bits per heavy atom. The number of allylic oxidation sites excluding steroid dienone is 3. The number of hydrogen-bond donors (Lipinski definition) is 0. The number of rotatable bonds is 6. The molecule has 0 N–H and O–H groups in total. The van der Waals surface area contributed by atoms with Crippen molar-refractivity contribution >= 4 is 0 Å². The monoisotopic (exact) mass is 321 g/mol. The molecule has 3 rings (SSSR count). The summed E-state index contributed by atoms with van der Waals surface area (Å²) in [6, 6.07) is 12.6. The molecule has 0 radical (unpaired) electrons. The largest absolute Gasteiger partial charge is 0.487 e. The van der Waals surface area contributed by atoms with Crippen molar-refractivity contribution in [3.63, 3.8) is 0 Å². The van der Waals surface area contributed by atoms with Crippen LogP contribution >= 0.6 is 0 Å². The van der Waals surface area contributed by atoms with Gasteiger partial charge in [0.25, 0.3) is 0 Å². The standard InChI is InChI=1S/C20H23NO.C2H4/c1-2-9-18-12-8-15-21(18)19-13-6-7-14-20(19)22-16-17-10-4-3-5-11-17;1-2/h3-4,6-8,10,12-15H,2,5,9,11,16H2,1H3;1-2H2. The highest BCUT2D eigenvalue weighted by molar-refractivity contribution is 5.48. The molecule has 0 atom stereocenters. The molecule has 0 spiro atoms. The van der Waals surface area contributed by atoms with Crippen molar-refractivity contribution in [2.75, 3.05) is 6.61 Å². The lowest BCUT2D eigenvalue weighted by Crippen LogP contribution is -2.06. The van der Waals surface area contributed by atoms with Gasteiger partial charge in [-0.2, -0.15) is 0 Å². The summed E-state index contributed by atoms with van der Waals surface area (Å²) >= 11 is 0. The highest BCUT2D eigenvalue weighted by Gasteiger charge is 2.09. The molecule has 1 aromatic carbocycles. The molecule has 0 fully saturated rings. The SMILES string of the molecule is C=C.CCCc1cccn1-c1ccccc1OCC1=CC=CCC1. The minimum absolute atomic E-state index is 0.672. The van der Waals surface area contributed by atoms with E-state index in [1.807, 2.05) is 6.07 Å². The van der Waals surface area contributed by atoms with Crippen molar-refractivity contribution in [1.82, 2.24) is 4.57 Å². The van der Waals surface area contributed by atoms with Gasteiger partial charge in [-0.25, -0.2) is 0 Å². The van der Waals surface area contributed by atoms with E-state index in [9.17, 15) is 0 Å². The summed E-state index contributed by atoms with van der Waals surface area (Å²) in [5.41, 5.74) is 3.82. The number of ether oxygens (including phenoxy) is 1. The predicted molar refractivity (Wildman–Crippen MR) is 103 cm³/mol. The Bertz CT molecular complexity index is 694. The van der Waals surface area contributed by atoms with Crippen LogP contribution in [-0.2, 0) is 6.42 Å². The molecule has 2 nitrogen and oxygen atoms in total. The maximum atomic E-state index is 6.11. The molecule has 0 amide bonds. The minimum atomic E-state index is 0.672. The summed E-state index contributed by atoms with van der Waals surface area (Å²) < 4.78 is 8.35. The van der Waals surface area contributed by atoms with Crippen molar-refractivity contribution in [1.29, 1.82) is 0 Å². The van der Waals surface area contributed by atoms with Crippen LogP contribution < -0.4 is 4.74 Å². The fourth-order valence-corrected chi connectivity index (χ4v) is 2.83. The number of aryl methyl sites for hydroxylation is 1. The van der Waals surface area contributed by atoms with E-state index in [0.717, 1.165) is 37.1 Å². The zero-order valence-electron chi connectivity index (χ0n) is 14.6. The van der Waals surface area contributed by atoms with E-state index in [4.69, 9.17) is 4.74 Å². The van der Waals surface area contributed by atoms with Gasteiger partial charge in [0.05, 0.1) is 5.69 Å². The third-order valence-corrected chi connectivity index (χ3v) is 3.98. The Morgan fingerprint density at radius 2 is 1.96 bits per heavy atom. The molecule has 2 aromatic rings. The zero-order valence-corrected chi connectivity index (χ0v) is 14.6. The van der Waals surface area contributed by atoms with Crippen molar-refractivity contribution < 1.29 is 4.74 Å². The van der Waals surface area contributed by atoms with E-state index in [2.05, 4.69) is 79.4 Å². The van der Waals surface area contributed by atoms with Crippen LogP contribution in [0.2, 0.25) is 0 Å². The van der Waals surface area contributed by atoms with Crippen LogP contribution in [0.5, 0.6) is 5.75 Å². The highest BCUT2D eigenvalue weighted by Crippen LogP contribution is 2.26. The van der Waals surface area contributed by atoms with Crippen molar-refractivity contribution in [3.8, 4) is 11.4 Å². The minimum Gasteiger partial charge on any atom is -0.487 e. The molecule has 1 aromatic heterocycles. The molecule has 1 heterocycles. The molecule has 126 valence electrons. The fourth-order valence-electron chi connectivity index (χ4n) is 2.83. The number of hydrogen-bond acceptors (Lipinski definition) is 1. The van der Waals surface area contributed by atoms with E-state index >= 15 is 0 Å². The summed E-state index contributed by atoms with van der Waals surface area (Å²) in [6.07, 6.45) is 13.1. The number of nitrogens with zero attached hydrogens (tertiary/aromatic N) is 1. The third-order valence-electron chi connectivity index (χ3n) is 3.98. The maximum Gasteiger partial charge on any atom is 0.143 e. The number of para-hydroxylation sites is 2. The van der Waals surface area contributed by atoms with Gasteiger partial charge in [-0.3, -0.25) is 0 Å². The smallest absolute Gasteiger partial charge is 0.143 e. The van der Waals surface area contributed by atoms with Gasteiger partial charge in [0.2, 0.25) is 0 Å². The van der Waals surface area contributed by atoms with Crippen molar-refractivity contribution in [2.45, 2.75) is 32.6 Å². The van der Waals surface area contributed by atoms with E-state index in [0.29, 0.717) is 6.61 Å². The van der Waals surface area contributed by atoms with E-state index in [1.54, 1.807) is 0 Å². The maximum absolute atomic E-state index is 6.11. The molecule has 1 aliphatic rings. The van der Waals surface area contributed by atoms with E-state index in [-0.39, 0.29) is 0 Å². The Kier molecular flexibility index (Phi) is 7.16.